The maximum atomic E-state index is 12.8. The minimum Gasteiger partial charge on any atom is -0.379 e. The summed E-state index contributed by atoms with van der Waals surface area (Å²) in [6.07, 6.45) is 2.30. The van der Waals surface area contributed by atoms with E-state index in [0.29, 0.717) is 37.9 Å². The highest BCUT2D eigenvalue weighted by molar-refractivity contribution is 7.89. The number of hydrogen-bond acceptors (Lipinski definition) is 5. The van der Waals surface area contributed by atoms with Gasteiger partial charge >= 0.3 is 0 Å². The lowest BCUT2D eigenvalue weighted by atomic mass is 9.99. The molecule has 0 radical (unpaired) electrons. The van der Waals surface area contributed by atoms with Crippen LogP contribution in [0.3, 0.4) is 0 Å². The summed E-state index contributed by atoms with van der Waals surface area (Å²) in [4.78, 5) is 15.0. The molecule has 1 aromatic rings. The van der Waals surface area contributed by atoms with Gasteiger partial charge in [-0.2, -0.15) is 4.31 Å². The van der Waals surface area contributed by atoms with E-state index in [-0.39, 0.29) is 16.8 Å². The molecule has 1 amide bonds. The fraction of sp³-hybridized carbons (Fsp3) is 0.632. The second-order valence-electron chi connectivity index (χ2n) is 7.45. The molecule has 2 saturated heterocycles. The number of ether oxygens (including phenoxy) is 1. The first kappa shape index (κ1) is 20.3. The molecular weight excluding hydrogens is 366 g/mol. The van der Waals surface area contributed by atoms with E-state index in [1.807, 2.05) is 6.92 Å². The number of anilines is 1. The van der Waals surface area contributed by atoms with Crippen molar-refractivity contribution in [2.24, 2.45) is 5.92 Å². The fourth-order valence-electron chi connectivity index (χ4n) is 3.66. The van der Waals surface area contributed by atoms with E-state index in [1.165, 1.54) is 16.8 Å². The maximum Gasteiger partial charge on any atom is 0.243 e. The third kappa shape index (κ3) is 4.87. The highest BCUT2D eigenvalue weighted by atomic mass is 32.2. The molecule has 3 rings (SSSR count). The van der Waals surface area contributed by atoms with Crippen molar-refractivity contribution in [3.8, 4) is 0 Å². The van der Waals surface area contributed by atoms with Crippen LogP contribution in [0.1, 0.15) is 26.7 Å². The average Bonchev–Trinajstić information content (AvgIpc) is 2.68. The molecule has 0 aliphatic carbocycles. The second-order valence-corrected chi connectivity index (χ2v) is 9.39. The third-order valence-electron chi connectivity index (χ3n) is 5.33. The standard InChI is InChI=1S/C19H29N3O4S/c1-15-5-4-8-21(14-15)16(2)19(23)20-17-6-3-7-18(13-17)27(24,25)22-9-11-26-12-10-22/h3,6-7,13,15-16H,4-5,8-12,14H2,1-2H3,(H,20,23)/t15-,16+/m1/s1. The van der Waals surface area contributed by atoms with Crippen molar-refractivity contribution in [2.45, 2.75) is 37.6 Å². The summed E-state index contributed by atoms with van der Waals surface area (Å²) in [5, 5.41) is 2.88. The Morgan fingerprint density at radius 2 is 2.00 bits per heavy atom. The molecule has 2 aliphatic rings. The van der Waals surface area contributed by atoms with Crippen molar-refractivity contribution in [1.82, 2.24) is 9.21 Å². The van der Waals surface area contributed by atoms with Crippen LogP contribution < -0.4 is 5.32 Å². The van der Waals surface area contributed by atoms with E-state index in [1.54, 1.807) is 18.2 Å². The molecule has 0 saturated carbocycles. The summed E-state index contributed by atoms with van der Waals surface area (Å²) in [6, 6.07) is 6.25. The minimum atomic E-state index is -3.58. The molecule has 1 N–H and O–H groups in total. The van der Waals surface area contributed by atoms with Crippen molar-refractivity contribution in [2.75, 3.05) is 44.7 Å². The van der Waals surface area contributed by atoms with Crippen LogP contribution in [0.25, 0.3) is 0 Å². The van der Waals surface area contributed by atoms with Gasteiger partial charge in [0.15, 0.2) is 0 Å². The van der Waals surface area contributed by atoms with E-state index >= 15 is 0 Å². The fourth-order valence-corrected chi connectivity index (χ4v) is 5.11. The Kier molecular flexibility index (Phi) is 6.52. The van der Waals surface area contributed by atoms with Gasteiger partial charge in [-0.05, 0) is 50.4 Å². The third-order valence-corrected chi connectivity index (χ3v) is 7.22. The van der Waals surface area contributed by atoms with Gasteiger partial charge in [-0.1, -0.05) is 13.0 Å². The monoisotopic (exact) mass is 395 g/mol. The van der Waals surface area contributed by atoms with Crippen molar-refractivity contribution in [3.05, 3.63) is 24.3 Å². The predicted molar refractivity (Wildman–Crippen MR) is 104 cm³/mol. The largest absolute Gasteiger partial charge is 0.379 e. The average molecular weight is 396 g/mol. The van der Waals surface area contributed by atoms with Crippen LogP contribution >= 0.6 is 0 Å². The van der Waals surface area contributed by atoms with Crippen LogP contribution in [-0.4, -0.2) is 69.0 Å². The number of nitrogens with zero attached hydrogens (tertiary/aromatic N) is 2. The molecular formula is C19H29N3O4S. The van der Waals surface area contributed by atoms with Crippen LogP contribution in [-0.2, 0) is 19.6 Å². The van der Waals surface area contributed by atoms with Crippen LogP contribution in [0.2, 0.25) is 0 Å². The van der Waals surface area contributed by atoms with Gasteiger partial charge in [0, 0.05) is 25.3 Å². The molecule has 0 aromatic heterocycles. The summed E-state index contributed by atoms with van der Waals surface area (Å²) in [7, 11) is -3.58. The molecule has 0 spiro atoms. The molecule has 150 valence electrons. The Labute approximate surface area is 161 Å². The molecule has 0 unspecified atom stereocenters. The number of carbonyl (C=O) groups excluding carboxylic acids is 1. The van der Waals surface area contributed by atoms with Gasteiger partial charge in [-0.25, -0.2) is 8.42 Å². The smallest absolute Gasteiger partial charge is 0.243 e. The first-order valence-electron chi connectivity index (χ1n) is 9.61. The predicted octanol–water partition coefficient (Wildman–Crippen LogP) is 1.77. The maximum absolute atomic E-state index is 12.8. The number of nitrogens with one attached hydrogen (secondary N) is 1. The number of carbonyl (C=O) groups is 1. The van der Waals surface area contributed by atoms with Crippen molar-refractivity contribution in [1.29, 1.82) is 0 Å². The highest BCUT2D eigenvalue weighted by Gasteiger charge is 2.28. The van der Waals surface area contributed by atoms with Gasteiger partial charge in [0.2, 0.25) is 15.9 Å². The molecule has 2 atom stereocenters. The number of rotatable bonds is 5. The van der Waals surface area contributed by atoms with Gasteiger partial charge in [0.05, 0.1) is 24.2 Å². The second kappa shape index (κ2) is 8.68. The molecule has 27 heavy (non-hydrogen) atoms. The molecule has 1 aromatic carbocycles. The summed E-state index contributed by atoms with van der Waals surface area (Å²) < 4.78 is 32.2. The van der Waals surface area contributed by atoms with E-state index in [9.17, 15) is 13.2 Å². The van der Waals surface area contributed by atoms with Gasteiger partial charge in [0.1, 0.15) is 0 Å². The Balaban J connectivity index is 1.69. The van der Waals surface area contributed by atoms with Crippen molar-refractivity contribution < 1.29 is 17.9 Å². The molecule has 2 heterocycles. The lowest BCUT2D eigenvalue weighted by Crippen LogP contribution is -2.46. The number of piperidine rings is 1. The zero-order chi connectivity index (χ0) is 19.4. The summed E-state index contributed by atoms with van der Waals surface area (Å²) in [5.74, 6) is 0.487. The zero-order valence-corrected chi connectivity index (χ0v) is 16.9. The van der Waals surface area contributed by atoms with Gasteiger partial charge in [-0.15, -0.1) is 0 Å². The quantitative estimate of drug-likeness (QED) is 0.822. The first-order chi connectivity index (χ1) is 12.9. The molecule has 8 heteroatoms. The minimum absolute atomic E-state index is 0.106. The highest BCUT2D eigenvalue weighted by Crippen LogP contribution is 2.22. The first-order valence-corrected chi connectivity index (χ1v) is 11.0. The van der Waals surface area contributed by atoms with Crippen LogP contribution in [0, 0.1) is 5.92 Å². The number of morpholine rings is 1. The van der Waals surface area contributed by atoms with Crippen LogP contribution in [0.4, 0.5) is 5.69 Å². The van der Waals surface area contributed by atoms with Gasteiger partial charge < -0.3 is 10.1 Å². The summed E-state index contributed by atoms with van der Waals surface area (Å²) in [6.45, 7) is 7.46. The molecule has 7 nitrogen and oxygen atoms in total. The summed E-state index contributed by atoms with van der Waals surface area (Å²) >= 11 is 0. The van der Waals surface area contributed by atoms with Gasteiger partial charge in [0.25, 0.3) is 0 Å². The van der Waals surface area contributed by atoms with Crippen LogP contribution in [0.5, 0.6) is 0 Å². The number of benzene rings is 1. The lowest BCUT2D eigenvalue weighted by molar-refractivity contribution is -0.121. The van der Waals surface area contributed by atoms with E-state index in [4.69, 9.17) is 4.74 Å². The van der Waals surface area contributed by atoms with Crippen molar-refractivity contribution >= 4 is 21.6 Å². The van der Waals surface area contributed by atoms with E-state index in [2.05, 4.69) is 17.1 Å². The Hall–Kier alpha value is -1.48. The Bertz CT molecular complexity index is 762. The number of sulfonamides is 1. The van der Waals surface area contributed by atoms with E-state index in [0.717, 1.165) is 19.5 Å². The molecule has 2 fully saturated rings. The SMILES string of the molecule is C[C@@H]1CCCN([C@@H](C)C(=O)Nc2cccc(S(=O)(=O)N3CCOCC3)c2)C1. The molecule has 0 bridgehead atoms. The van der Waals surface area contributed by atoms with Crippen molar-refractivity contribution in [3.63, 3.8) is 0 Å². The molecule has 2 aliphatic heterocycles. The zero-order valence-electron chi connectivity index (χ0n) is 16.1. The number of hydrogen-bond donors (Lipinski definition) is 1. The van der Waals surface area contributed by atoms with E-state index < -0.39 is 10.0 Å². The van der Waals surface area contributed by atoms with Crippen LogP contribution in [0.15, 0.2) is 29.2 Å². The topological polar surface area (TPSA) is 79.0 Å². The Morgan fingerprint density at radius 1 is 1.26 bits per heavy atom. The number of amides is 1. The van der Waals surface area contributed by atoms with Gasteiger partial charge in [-0.3, -0.25) is 9.69 Å². The number of likely N-dealkylation sites (tertiary alicyclic amines) is 1. The lowest BCUT2D eigenvalue weighted by Gasteiger charge is -2.34. The normalized spacial score (nSPS) is 23.7. The summed E-state index contributed by atoms with van der Waals surface area (Å²) in [5.41, 5.74) is 0.506. The Morgan fingerprint density at radius 3 is 2.70 bits per heavy atom.